The van der Waals surface area contributed by atoms with Crippen molar-refractivity contribution in [1.29, 1.82) is 0 Å². The number of hydrogen-bond acceptors (Lipinski definition) is 4. The Morgan fingerprint density at radius 2 is 1.89 bits per heavy atom. The third-order valence-electron chi connectivity index (χ3n) is 5.13. The molecule has 4 rings (SSSR count). The summed E-state index contributed by atoms with van der Waals surface area (Å²) in [5.41, 5.74) is 4.15. The summed E-state index contributed by atoms with van der Waals surface area (Å²) >= 11 is 0. The zero-order chi connectivity index (χ0) is 19.7. The van der Waals surface area contributed by atoms with E-state index in [9.17, 15) is 8.42 Å². The summed E-state index contributed by atoms with van der Waals surface area (Å²) in [5, 5.41) is 0. The lowest BCUT2D eigenvalue weighted by Gasteiger charge is -2.30. The van der Waals surface area contributed by atoms with Crippen molar-refractivity contribution >= 4 is 10.0 Å². The van der Waals surface area contributed by atoms with Gasteiger partial charge in [-0.2, -0.15) is 0 Å². The van der Waals surface area contributed by atoms with Crippen molar-refractivity contribution < 1.29 is 8.42 Å². The van der Waals surface area contributed by atoms with Crippen LogP contribution in [0, 0.1) is 0 Å². The van der Waals surface area contributed by atoms with Gasteiger partial charge in [0.05, 0.1) is 4.90 Å². The van der Waals surface area contributed by atoms with Crippen molar-refractivity contribution in [2.75, 3.05) is 20.6 Å². The topological polar surface area (TPSA) is 69.3 Å². The van der Waals surface area contributed by atoms with Crippen LogP contribution in [0.5, 0.6) is 0 Å². The van der Waals surface area contributed by atoms with E-state index in [1.165, 1.54) is 4.31 Å². The first-order valence-corrected chi connectivity index (χ1v) is 10.7. The molecule has 0 radical (unpaired) electrons. The third kappa shape index (κ3) is 3.61. The van der Waals surface area contributed by atoms with Crippen LogP contribution in [0.2, 0.25) is 0 Å². The van der Waals surface area contributed by atoms with Crippen molar-refractivity contribution in [2.24, 2.45) is 0 Å². The number of nitrogens with one attached hydrogen (secondary N) is 1. The number of benzene rings is 2. The minimum atomic E-state index is -3.42. The van der Waals surface area contributed by atoms with Gasteiger partial charge in [0.25, 0.3) is 0 Å². The molecule has 1 aromatic heterocycles. The van der Waals surface area contributed by atoms with E-state index in [0.717, 1.165) is 54.3 Å². The first kappa shape index (κ1) is 18.9. The molecule has 28 heavy (non-hydrogen) atoms. The number of hydrogen-bond donors (Lipinski definition) is 1. The Kier molecular flexibility index (Phi) is 5.05. The molecule has 1 aliphatic heterocycles. The maximum Gasteiger partial charge on any atom is 0.242 e. The first-order valence-electron chi connectivity index (χ1n) is 9.30. The largest absolute Gasteiger partial charge is 0.341 e. The number of aromatic amines is 1. The smallest absolute Gasteiger partial charge is 0.242 e. The second-order valence-corrected chi connectivity index (χ2v) is 9.39. The van der Waals surface area contributed by atoms with Crippen LogP contribution < -0.4 is 0 Å². The van der Waals surface area contributed by atoms with Gasteiger partial charge in [-0.3, -0.25) is 4.90 Å². The zero-order valence-corrected chi connectivity index (χ0v) is 16.9. The SMILES string of the molecule is CN(C)S(=O)(=O)c1cccc2c1CCN(Cc1cnc(-c3ccccc3)[nH]1)C2. The first-order chi connectivity index (χ1) is 13.4. The molecule has 0 fully saturated rings. The zero-order valence-electron chi connectivity index (χ0n) is 16.1. The van der Waals surface area contributed by atoms with Gasteiger partial charge >= 0.3 is 0 Å². The van der Waals surface area contributed by atoms with Gasteiger partial charge in [0.2, 0.25) is 10.0 Å². The molecule has 0 unspecified atom stereocenters. The summed E-state index contributed by atoms with van der Waals surface area (Å²) in [6.45, 7) is 2.29. The highest BCUT2D eigenvalue weighted by molar-refractivity contribution is 7.89. The molecular weight excluding hydrogens is 372 g/mol. The molecule has 0 saturated heterocycles. The summed E-state index contributed by atoms with van der Waals surface area (Å²) in [7, 11) is -0.272. The Morgan fingerprint density at radius 3 is 2.64 bits per heavy atom. The average molecular weight is 397 g/mol. The molecule has 1 N–H and O–H groups in total. The highest BCUT2D eigenvalue weighted by atomic mass is 32.2. The van der Waals surface area contributed by atoms with Gasteiger partial charge < -0.3 is 4.98 Å². The fourth-order valence-electron chi connectivity index (χ4n) is 3.63. The van der Waals surface area contributed by atoms with Crippen LogP contribution in [0.4, 0.5) is 0 Å². The summed E-state index contributed by atoms with van der Waals surface area (Å²) < 4.78 is 26.5. The Hall–Kier alpha value is -2.48. The van der Waals surface area contributed by atoms with Crippen molar-refractivity contribution in [3.05, 3.63) is 71.5 Å². The molecule has 7 heteroatoms. The quantitative estimate of drug-likeness (QED) is 0.720. The average Bonchev–Trinajstić information content (AvgIpc) is 3.16. The fourth-order valence-corrected chi connectivity index (χ4v) is 4.82. The molecular formula is C21H24N4O2S. The van der Waals surface area contributed by atoms with Gasteiger partial charge in [0.15, 0.2) is 0 Å². The molecule has 0 aliphatic carbocycles. The maximum atomic E-state index is 12.6. The molecule has 2 heterocycles. The van der Waals surface area contributed by atoms with E-state index in [4.69, 9.17) is 0 Å². The molecule has 0 amide bonds. The summed E-state index contributed by atoms with van der Waals surface area (Å²) in [4.78, 5) is 10.6. The second-order valence-electron chi connectivity index (χ2n) is 7.26. The maximum absolute atomic E-state index is 12.6. The van der Waals surface area contributed by atoms with Crippen molar-refractivity contribution in [3.8, 4) is 11.4 Å². The second kappa shape index (κ2) is 7.50. The summed E-state index contributed by atoms with van der Waals surface area (Å²) in [5.74, 6) is 0.868. The Balaban J connectivity index is 1.52. The number of imidazole rings is 1. The highest BCUT2D eigenvalue weighted by Crippen LogP contribution is 2.28. The molecule has 0 spiro atoms. The lowest BCUT2D eigenvalue weighted by molar-refractivity contribution is 0.241. The van der Waals surface area contributed by atoms with E-state index < -0.39 is 10.0 Å². The van der Waals surface area contributed by atoms with Crippen LogP contribution in [0.25, 0.3) is 11.4 Å². The predicted molar refractivity (Wildman–Crippen MR) is 109 cm³/mol. The van der Waals surface area contributed by atoms with Crippen LogP contribution in [-0.2, 0) is 29.5 Å². The van der Waals surface area contributed by atoms with E-state index in [1.54, 1.807) is 20.2 Å². The lowest BCUT2D eigenvalue weighted by atomic mass is 9.99. The molecule has 1 aliphatic rings. The minimum absolute atomic E-state index is 0.433. The fraction of sp³-hybridized carbons (Fsp3) is 0.286. The predicted octanol–water partition coefficient (Wildman–Crippen LogP) is 2.89. The molecule has 0 saturated carbocycles. The Morgan fingerprint density at radius 1 is 1.11 bits per heavy atom. The third-order valence-corrected chi connectivity index (χ3v) is 7.03. The number of rotatable bonds is 5. The molecule has 6 nitrogen and oxygen atoms in total. The molecule has 3 aromatic rings. The normalized spacial score (nSPS) is 15.0. The van der Waals surface area contributed by atoms with Gasteiger partial charge in [-0.1, -0.05) is 42.5 Å². The van der Waals surface area contributed by atoms with E-state index in [-0.39, 0.29) is 0 Å². The van der Waals surface area contributed by atoms with Crippen LogP contribution in [0.1, 0.15) is 16.8 Å². The van der Waals surface area contributed by atoms with Gasteiger partial charge in [-0.05, 0) is 23.6 Å². The van der Waals surface area contributed by atoms with E-state index in [2.05, 4.69) is 14.9 Å². The number of H-pyrrole nitrogens is 1. The van der Waals surface area contributed by atoms with Gasteiger partial charge in [0.1, 0.15) is 5.82 Å². The minimum Gasteiger partial charge on any atom is -0.341 e. The van der Waals surface area contributed by atoms with Crippen LogP contribution in [-0.4, -0.2) is 48.2 Å². The molecule has 2 aromatic carbocycles. The van der Waals surface area contributed by atoms with Gasteiger partial charge in [-0.15, -0.1) is 0 Å². The number of nitrogens with zero attached hydrogens (tertiary/aromatic N) is 3. The van der Waals surface area contributed by atoms with Crippen LogP contribution in [0.3, 0.4) is 0 Å². The number of sulfonamides is 1. The van der Waals surface area contributed by atoms with Crippen molar-refractivity contribution in [2.45, 2.75) is 24.4 Å². The van der Waals surface area contributed by atoms with E-state index >= 15 is 0 Å². The van der Waals surface area contributed by atoms with Crippen molar-refractivity contribution in [3.63, 3.8) is 0 Å². The van der Waals surface area contributed by atoms with Crippen molar-refractivity contribution in [1.82, 2.24) is 19.2 Å². The molecule has 146 valence electrons. The van der Waals surface area contributed by atoms with Gasteiger partial charge in [-0.25, -0.2) is 17.7 Å². The summed E-state index contributed by atoms with van der Waals surface area (Å²) in [6.07, 6.45) is 2.60. The van der Waals surface area contributed by atoms with Crippen LogP contribution in [0.15, 0.2) is 59.6 Å². The van der Waals surface area contributed by atoms with E-state index in [0.29, 0.717) is 4.90 Å². The van der Waals surface area contributed by atoms with Crippen LogP contribution >= 0.6 is 0 Å². The monoisotopic (exact) mass is 396 g/mol. The Bertz CT molecular complexity index is 1070. The highest BCUT2D eigenvalue weighted by Gasteiger charge is 2.26. The molecule has 0 atom stereocenters. The summed E-state index contributed by atoms with van der Waals surface area (Å²) in [6, 6.07) is 15.6. The van der Waals surface area contributed by atoms with Gasteiger partial charge in [0, 0.05) is 51.2 Å². The number of fused-ring (bicyclic) bond motifs is 1. The van der Waals surface area contributed by atoms with E-state index in [1.807, 2.05) is 48.7 Å². The standard InChI is InChI=1S/C21H24N4O2S/c1-24(2)28(26,27)20-10-6-9-17-14-25(12-11-19(17)20)15-18-13-22-21(23-18)16-7-4-3-5-8-16/h3-10,13H,11-12,14-15H2,1-2H3,(H,22,23). The Labute approximate surface area is 165 Å². The molecule has 0 bridgehead atoms. The lowest BCUT2D eigenvalue weighted by Crippen LogP contribution is -2.32. The number of aromatic nitrogens is 2.